The largest absolute Gasteiger partial charge is 0.478 e. The van der Waals surface area contributed by atoms with E-state index in [-0.39, 0.29) is 0 Å². The molecule has 3 aromatic rings. The third kappa shape index (κ3) is 6.26. The Morgan fingerprint density at radius 1 is 0.971 bits per heavy atom. The van der Waals surface area contributed by atoms with Crippen LogP contribution in [0.5, 0.6) is 0 Å². The van der Waals surface area contributed by atoms with Crippen LogP contribution in [-0.2, 0) is 13.1 Å². The number of carboxylic acids is 1. The molecule has 2 aromatic carbocycles. The van der Waals surface area contributed by atoms with Crippen LogP contribution in [0.4, 0.5) is 5.69 Å². The Bertz CT molecular complexity index is 1120. The number of anilines is 1. The van der Waals surface area contributed by atoms with Gasteiger partial charge >= 0.3 is 5.97 Å². The van der Waals surface area contributed by atoms with Gasteiger partial charge in [-0.2, -0.15) is 0 Å². The van der Waals surface area contributed by atoms with Crippen molar-refractivity contribution in [3.63, 3.8) is 0 Å². The van der Waals surface area contributed by atoms with Crippen molar-refractivity contribution in [1.82, 2.24) is 14.8 Å². The topological polar surface area (TPSA) is 60.7 Å². The molecule has 4 rings (SSSR count). The molecule has 1 saturated heterocycles. The molecule has 0 radical (unpaired) electrons. The Hall–Kier alpha value is -2.80. The zero-order chi connectivity index (χ0) is 24.8. The molecule has 186 valence electrons. The predicted octanol–water partition coefficient (Wildman–Crippen LogP) is 4.81. The van der Waals surface area contributed by atoms with Gasteiger partial charge < -0.3 is 19.9 Å². The number of carboxylic acid groups (broad SMARTS) is 1. The number of carbonyl (C=O) groups is 1. The first-order chi connectivity index (χ1) is 16.9. The van der Waals surface area contributed by atoms with Crippen molar-refractivity contribution in [3.8, 4) is 0 Å². The molecule has 0 saturated carbocycles. The molecule has 2 N–H and O–H groups in total. The molecular formula is C28H35ClN4O2. The number of hydrogen-bond donors (Lipinski definition) is 2. The van der Waals surface area contributed by atoms with Crippen molar-refractivity contribution >= 4 is 23.3 Å². The van der Waals surface area contributed by atoms with Gasteiger partial charge in [0.05, 0.1) is 5.56 Å². The summed E-state index contributed by atoms with van der Waals surface area (Å²) in [6.07, 6.45) is 1.04. The molecule has 7 heteroatoms. The van der Waals surface area contributed by atoms with Crippen molar-refractivity contribution in [2.45, 2.75) is 33.4 Å². The Labute approximate surface area is 213 Å². The number of para-hydroxylation sites is 1. The molecule has 1 fully saturated rings. The molecule has 0 atom stereocenters. The fourth-order valence-corrected chi connectivity index (χ4v) is 5.09. The molecule has 0 bridgehead atoms. The summed E-state index contributed by atoms with van der Waals surface area (Å²) >= 11 is 6.01. The minimum atomic E-state index is -0.867. The number of halogens is 1. The van der Waals surface area contributed by atoms with E-state index in [0.29, 0.717) is 23.7 Å². The quantitative estimate of drug-likeness (QED) is 0.396. The maximum absolute atomic E-state index is 12.1. The summed E-state index contributed by atoms with van der Waals surface area (Å²) in [7, 11) is 0. The number of aromatic nitrogens is 1. The van der Waals surface area contributed by atoms with Gasteiger partial charge in [0.15, 0.2) is 0 Å². The maximum Gasteiger partial charge on any atom is 0.337 e. The molecule has 2 heterocycles. The second kappa shape index (κ2) is 11.8. The van der Waals surface area contributed by atoms with Crippen LogP contribution in [0.3, 0.4) is 0 Å². The fourth-order valence-electron chi connectivity index (χ4n) is 4.97. The predicted molar refractivity (Wildman–Crippen MR) is 143 cm³/mol. The van der Waals surface area contributed by atoms with Crippen LogP contribution >= 0.6 is 11.6 Å². The Balaban J connectivity index is 1.28. The second-order valence-corrected chi connectivity index (χ2v) is 9.67. The Kier molecular flexibility index (Phi) is 8.50. The highest BCUT2D eigenvalue weighted by atomic mass is 35.5. The zero-order valence-corrected chi connectivity index (χ0v) is 21.4. The summed E-state index contributed by atoms with van der Waals surface area (Å²) in [5.41, 5.74) is 5.48. The summed E-state index contributed by atoms with van der Waals surface area (Å²) in [5, 5.41) is 14.1. The Morgan fingerprint density at radius 2 is 1.66 bits per heavy atom. The zero-order valence-electron chi connectivity index (χ0n) is 20.6. The average molecular weight is 495 g/mol. The summed E-state index contributed by atoms with van der Waals surface area (Å²) in [5.74, 6) is -0.867. The third-order valence-corrected chi connectivity index (χ3v) is 7.25. The Morgan fingerprint density at radius 3 is 2.31 bits per heavy atom. The lowest BCUT2D eigenvalue weighted by molar-refractivity contribution is 0.0694. The van der Waals surface area contributed by atoms with Gasteiger partial charge in [-0.15, -0.1) is 0 Å². The van der Waals surface area contributed by atoms with Crippen LogP contribution in [0.2, 0.25) is 5.02 Å². The lowest BCUT2D eigenvalue weighted by atomic mass is 10.1. The van der Waals surface area contributed by atoms with Gasteiger partial charge in [0.2, 0.25) is 0 Å². The van der Waals surface area contributed by atoms with Crippen LogP contribution in [-0.4, -0.2) is 59.8 Å². The van der Waals surface area contributed by atoms with Crippen molar-refractivity contribution in [3.05, 3.63) is 87.7 Å². The average Bonchev–Trinajstić information content (AvgIpc) is 3.10. The SMILES string of the molecule is Cc1c(CNCCCN2CCN(c3ccccc3)CC2)c(C(=O)O)c(C)n1Cc1ccc(Cl)cc1. The van der Waals surface area contributed by atoms with E-state index in [4.69, 9.17) is 11.6 Å². The van der Waals surface area contributed by atoms with Crippen LogP contribution in [0.25, 0.3) is 0 Å². The molecule has 1 aromatic heterocycles. The van der Waals surface area contributed by atoms with Gasteiger partial charge in [0.1, 0.15) is 0 Å². The van der Waals surface area contributed by atoms with E-state index < -0.39 is 5.97 Å². The number of nitrogens with zero attached hydrogens (tertiary/aromatic N) is 3. The molecule has 1 aliphatic rings. The molecule has 0 aliphatic carbocycles. The van der Waals surface area contributed by atoms with E-state index in [9.17, 15) is 9.90 Å². The highest BCUT2D eigenvalue weighted by molar-refractivity contribution is 6.30. The van der Waals surface area contributed by atoms with Crippen LogP contribution in [0.1, 0.15) is 39.3 Å². The smallest absolute Gasteiger partial charge is 0.337 e. The van der Waals surface area contributed by atoms with E-state index in [1.54, 1.807) is 0 Å². The highest BCUT2D eigenvalue weighted by Crippen LogP contribution is 2.24. The van der Waals surface area contributed by atoms with E-state index in [2.05, 4.69) is 50.0 Å². The summed E-state index contributed by atoms with van der Waals surface area (Å²) < 4.78 is 2.09. The second-order valence-electron chi connectivity index (χ2n) is 9.24. The third-order valence-electron chi connectivity index (χ3n) is 7.00. The van der Waals surface area contributed by atoms with E-state index in [0.717, 1.165) is 68.2 Å². The minimum Gasteiger partial charge on any atom is -0.478 e. The van der Waals surface area contributed by atoms with Gasteiger partial charge in [-0.3, -0.25) is 4.90 Å². The number of nitrogens with one attached hydrogen (secondary N) is 1. The van der Waals surface area contributed by atoms with Gasteiger partial charge in [0, 0.05) is 66.9 Å². The summed E-state index contributed by atoms with van der Waals surface area (Å²) in [6, 6.07) is 18.3. The number of rotatable bonds is 10. The van der Waals surface area contributed by atoms with Gasteiger partial charge in [-0.25, -0.2) is 4.79 Å². The number of hydrogen-bond acceptors (Lipinski definition) is 4. The molecule has 0 unspecified atom stereocenters. The van der Waals surface area contributed by atoms with Crippen molar-refractivity contribution in [1.29, 1.82) is 0 Å². The standard InChI is InChI=1S/C28H35ClN4O2/c1-21-26(27(28(34)35)22(2)33(21)20-23-9-11-24(29)12-10-23)19-30-13-6-14-31-15-17-32(18-16-31)25-7-4-3-5-8-25/h3-5,7-12,30H,6,13-20H2,1-2H3,(H,34,35). The van der Waals surface area contributed by atoms with E-state index in [1.165, 1.54) is 5.69 Å². The van der Waals surface area contributed by atoms with Gasteiger partial charge in [-0.05, 0) is 63.2 Å². The summed E-state index contributed by atoms with van der Waals surface area (Å²) in [4.78, 5) is 17.0. The van der Waals surface area contributed by atoms with Crippen LogP contribution < -0.4 is 10.2 Å². The lowest BCUT2D eigenvalue weighted by Gasteiger charge is -2.36. The number of piperazine rings is 1. The van der Waals surface area contributed by atoms with Crippen molar-refractivity contribution in [2.75, 3.05) is 44.2 Å². The summed E-state index contributed by atoms with van der Waals surface area (Å²) in [6.45, 7) is 11.3. The van der Waals surface area contributed by atoms with Crippen LogP contribution in [0, 0.1) is 13.8 Å². The first-order valence-corrected chi connectivity index (χ1v) is 12.7. The molecule has 0 spiro atoms. The minimum absolute atomic E-state index is 0.418. The van der Waals surface area contributed by atoms with Gasteiger partial charge in [-0.1, -0.05) is 41.9 Å². The first-order valence-electron chi connectivity index (χ1n) is 12.3. The van der Waals surface area contributed by atoms with Gasteiger partial charge in [0.25, 0.3) is 0 Å². The van der Waals surface area contributed by atoms with Crippen molar-refractivity contribution in [2.24, 2.45) is 0 Å². The molecule has 0 amide bonds. The number of benzene rings is 2. The number of aromatic carboxylic acids is 1. The molecule has 35 heavy (non-hydrogen) atoms. The van der Waals surface area contributed by atoms with E-state index >= 15 is 0 Å². The first kappa shape index (κ1) is 25.3. The van der Waals surface area contributed by atoms with Crippen molar-refractivity contribution < 1.29 is 9.90 Å². The molecule has 6 nitrogen and oxygen atoms in total. The lowest BCUT2D eigenvalue weighted by Crippen LogP contribution is -2.46. The maximum atomic E-state index is 12.1. The monoisotopic (exact) mass is 494 g/mol. The normalized spacial score (nSPS) is 14.4. The molecule has 1 aliphatic heterocycles. The van der Waals surface area contributed by atoms with Crippen LogP contribution in [0.15, 0.2) is 54.6 Å². The molecular weight excluding hydrogens is 460 g/mol. The fraction of sp³-hybridized carbons (Fsp3) is 0.393. The highest BCUT2D eigenvalue weighted by Gasteiger charge is 2.22. The van der Waals surface area contributed by atoms with E-state index in [1.807, 2.05) is 38.1 Å².